The summed E-state index contributed by atoms with van der Waals surface area (Å²) in [6.07, 6.45) is 7.64. The minimum atomic E-state index is -1.89. The molecule has 0 unspecified atom stereocenters. The van der Waals surface area contributed by atoms with Crippen LogP contribution >= 0.6 is 0 Å². The summed E-state index contributed by atoms with van der Waals surface area (Å²) < 4.78 is 17.0. The van der Waals surface area contributed by atoms with Gasteiger partial charge in [0.05, 0.1) is 17.7 Å². The monoisotopic (exact) mass is 633 g/mol. The molecule has 4 aromatic rings. The fourth-order valence-electron chi connectivity index (χ4n) is 7.81. The van der Waals surface area contributed by atoms with Crippen LogP contribution < -0.4 is 20.9 Å². The van der Waals surface area contributed by atoms with Gasteiger partial charge in [-0.15, -0.1) is 0 Å². The number of aryl methyl sites for hydroxylation is 3. The maximum Gasteiger partial charge on any atom is 0.258 e. The van der Waals surface area contributed by atoms with Gasteiger partial charge < -0.3 is 25.4 Å². The third kappa shape index (κ3) is 5.58. The average Bonchev–Trinajstić information content (AvgIpc) is 3.37. The first-order chi connectivity index (χ1) is 22.8. The van der Waals surface area contributed by atoms with Crippen molar-refractivity contribution in [1.29, 1.82) is 0 Å². The lowest BCUT2D eigenvalue weighted by Crippen LogP contribution is -2.51. The first-order valence-corrected chi connectivity index (χ1v) is 16.7. The number of nitrogens with one attached hydrogen (secondary N) is 3. The predicted octanol–water partition coefficient (Wildman–Crippen LogP) is 5.05. The fourth-order valence-corrected chi connectivity index (χ4v) is 7.81. The molecule has 3 N–H and O–H groups in total. The van der Waals surface area contributed by atoms with Gasteiger partial charge in [0.1, 0.15) is 11.9 Å². The number of amides is 2. The van der Waals surface area contributed by atoms with Gasteiger partial charge in [0, 0.05) is 55.6 Å². The SMILES string of the molecule is Cc1ncn(C)c1-c1ccc(NC(=O)[C@@H](NC(=O)C2(F)CC2)[C@@H]2CCCc3ccc(-c4ccnc(N5C[C@@H]6C[C@H]5CN6)c4)cc32)cc1. The smallest absolute Gasteiger partial charge is 0.258 e. The van der Waals surface area contributed by atoms with E-state index >= 15 is 0 Å². The number of aromatic nitrogens is 3. The molecule has 9 nitrogen and oxygen atoms in total. The van der Waals surface area contributed by atoms with Crippen molar-refractivity contribution in [2.45, 2.75) is 75.2 Å². The van der Waals surface area contributed by atoms with Crippen LogP contribution in [0.5, 0.6) is 0 Å². The zero-order chi connectivity index (χ0) is 32.3. The molecule has 2 aromatic heterocycles. The van der Waals surface area contributed by atoms with E-state index in [0.29, 0.717) is 24.2 Å². The van der Waals surface area contributed by atoms with E-state index in [4.69, 9.17) is 4.98 Å². The Kier molecular flexibility index (Phi) is 7.35. The lowest BCUT2D eigenvalue weighted by molar-refractivity contribution is -0.131. The number of rotatable bonds is 8. The van der Waals surface area contributed by atoms with Crippen molar-refractivity contribution in [3.05, 3.63) is 83.9 Å². The Bertz CT molecular complexity index is 1830. The number of alkyl halides is 1. The van der Waals surface area contributed by atoms with Crippen molar-refractivity contribution in [3.8, 4) is 22.4 Å². The molecule has 242 valence electrons. The molecule has 4 heterocycles. The number of piperazine rings is 1. The summed E-state index contributed by atoms with van der Waals surface area (Å²) in [5.74, 6) is -0.365. The predicted molar refractivity (Wildman–Crippen MR) is 180 cm³/mol. The molecule has 2 aliphatic heterocycles. The summed E-state index contributed by atoms with van der Waals surface area (Å²) in [6.45, 7) is 3.91. The van der Waals surface area contributed by atoms with E-state index in [0.717, 1.165) is 77.4 Å². The number of halogens is 1. The van der Waals surface area contributed by atoms with Crippen LogP contribution in [0.25, 0.3) is 22.4 Å². The lowest BCUT2D eigenvalue weighted by atomic mass is 9.77. The lowest BCUT2D eigenvalue weighted by Gasteiger charge is -2.33. The van der Waals surface area contributed by atoms with Gasteiger partial charge in [0.25, 0.3) is 5.91 Å². The molecule has 4 aliphatic rings. The van der Waals surface area contributed by atoms with Crippen LogP contribution in [-0.2, 0) is 23.1 Å². The van der Waals surface area contributed by atoms with Gasteiger partial charge in [-0.1, -0.05) is 30.3 Å². The largest absolute Gasteiger partial charge is 0.351 e. The van der Waals surface area contributed by atoms with Crippen LogP contribution in [-0.4, -0.2) is 63.2 Å². The Morgan fingerprint density at radius 1 is 1.04 bits per heavy atom. The van der Waals surface area contributed by atoms with Gasteiger partial charge in [0.15, 0.2) is 5.67 Å². The number of carbonyl (C=O) groups is 2. The molecule has 2 amide bonds. The number of anilines is 2. The fraction of sp³-hybridized carbons (Fsp3) is 0.405. The normalized spacial score (nSPS) is 22.9. The molecule has 0 spiro atoms. The van der Waals surface area contributed by atoms with Crippen LogP contribution in [0.1, 0.15) is 54.8 Å². The molecule has 2 saturated heterocycles. The second-order valence-corrected chi connectivity index (χ2v) is 13.7. The van der Waals surface area contributed by atoms with Gasteiger partial charge in [-0.25, -0.2) is 14.4 Å². The van der Waals surface area contributed by atoms with Gasteiger partial charge in [-0.3, -0.25) is 9.59 Å². The van der Waals surface area contributed by atoms with Crippen molar-refractivity contribution in [1.82, 2.24) is 25.2 Å². The number of benzene rings is 2. The van der Waals surface area contributed by atoms with E-state index in [-0.39, 0.29) is 24.7 Å². The molecule has 2 aromatic carbocycles. The van der Waals surface area contributed by atoms with Gasteiger partial charge in [-0.2, -0.15) is 0 Å². The van der Waals surface area contributed by atoms with Gasteiger partial charge in [0.2, 0.25) is 5.91 Å². The molecule has 3 fully saturated rings. The highest BCUT2D eigenvalue weighted by molar-refractivity contribution is 6.00. The Labute approximate surface area is 274 Å². The van der Waals surface area contributed by atoms with Crippen LogP contribution in [0.4, 0.5) is 15.9 Å². The van der Waals surface area contributed by atoms with Crippen LogP contribution in [0.3, 0.4) is 0 Å². The Morgan fingerprint density at radius 2 is 1.83 bits per heavy atom. The Hall–Kier alpha value is -4.57. The zero-order valence-corrected chi connectivity index (χ0v) is 26.8. The number of hydrogen-bond donors (Lipinski definition) is 3. The van der Waals surface area contributed by atoms with Crippen molar-refractivity contribution >= 4 is 23.3 Å². The first kappa shape index (κ1) is 29.8. The zero-order valence-electron chi connectivity index (χ0n) is 26.8. The van der Waals surface area contributed by atoms with E-state index in [9.17, 15) is 14.0 Å². The molecule has 1 saturated carbocycles. The highest BCUT2D eigenvalue weighted by atomic mass is 19.1. The summed E-state index contributed by atoms with van der Waals surface area (Å²) in [5.41, 5.74) is 5.93. The summed E-state index contributed by atoms with van der Waals surface area (Å²) in [4.78, 5) is 38.6. The van der Waals surface area contributed by atoms with E-state index in [1.54, 1.807) is 6.33 Å². The third-order valence-electron chi connectivity index (χ3n) is 10.5. The molecule has 8 rings (SSSR count). The molecule has 2 bridgehead atoms. The number of nitrogens with zero attached hydrogens (tertiary/aromatic N) is 4. The van der Waals surface area contributed by atoms with E-state index < -0.39 is 17.6 Å². The quantitative estimate of drug-likeness (QED) is 0.251. The van der Waals surface area contributed by atoms with Crippen molar-refractivity contribution in [2.24, 2.45) is 7.05 Å². The number of hydrogen-bond acceptors (Lipinski definition) is 6. The van der Waals surface area contributed by atoms with E-state index in [1.165, 1.54) is 0 Å². The molecule has 47 heavy (non-hydrogen) atoms. The second kappa shape index (κ2) is 11.6. The van der Waals surface area contributed by atoms with Crippen molar-refractivity contribution in [3.63, 3.8) is 0 Å². The summed E-state index contributed by atoms with van der Waals surface area (Å²) in [6, 6.07) is 18.3. The van der Waals surface area contributed by atoms with Crippen molar-refractivity contribution in [2.75, 3.05) is 23.3 Å². The maximum absolute atomic E-state index is 15.0. The molecular formula is C37H40FN7O2. The Morgan fingerprint density at radius 3 is 2.53 bits per heavy atom. The number of imidazole rings is 1. The van der Waals surface area contributed by atoms with Crippen LogP contribution in [0, 0.1) is 6.92 Å². The molecule has 10 heteroatoms. The molecule has 2 aliphatic carbocycles. The third-order valence-corrected chi connectivity index (χ3v) is 10.5. The van der Waals surface area contributed by atoms with Gasteiger partial charge in [-0.05, 0) is 92.0 Å². The van der Waals surface area contributed by atoms with Crippen LogP contribution in [0.15, 0.2) is 67.1 Å². The second-order valence-electron chi connectivity index (χ2n) is 13.7. The minimum absolute atomic E-state index is 0.187. The number of fused-ring (bicyclic) bond motifs is 3. The van der Waals surface area contributed by atoms with Crippen molar-refractivity contribution < 1.29 is 14.0 Å². The highest BCUT2D eigenvalue weighted by Crippen LogP contribution is 2.42. The summed E-state index contributed by atoms with van der Waals surface area (Å²) in [7, 11) is 1.95. The number of pyridine rings is 1. The number of carbonyl (C=O) groups excluding carboxylic acids is 2. The van der Waals surface area contributed by atoms with E-state index in [1.807, 2.05) is 55.1 Å². The van der Waals surface area contributed by atoms with E-state index in [2.05, 4.69) is 50.1 Å². The highest BCUT2D eigenvalue weighted by Gasteiger charge is 2.52. The first-order valence-electron chi connectivity index (χ1n) is 16.7. The van der Waals surface area contributed by atoms with Crippen LogP contribution in [0.2, 0.25) is 0 Å². The minimum Gasteiger partial charge on any atom is -0.351 e. The maximum atomic E-state index is 15.0. The molecule has 4 atom stereocenters. The molecule has 0 radical (unpaired) electrons. The standard InChI is InChI=1S/C37H40FN7O2/c1-22-34(44(2)21-41-22)24-8-10-27(11-9-24)42-35(46)33(43-36(47)37(38)13-14-37)30-5-3-4-23-6-7-25(16-31(23)30)26-12-15-39-32(17-26)45-20-28-18-29(45)19-40-28/h6-12,15-17,21,28-30,33,40H,3-5,13-14,18-20H2,1-2H3,(H,42,46)(H,43,47)/t28-,29-,30+,33-/m0/s1. The van der Waals surface area contributed by atoms with Gasteiger partial charge >= 0.3 is 0 Å². The average molecular weight is 634 g/mol. The topological polar surface area (TPSA) is 104 Å². The Balaban J connectivity index is 1.08. The summed E-state index contributed by atoms with van der Waals surface area (Å²) >= 11 is 0. The molecular weight excluding hydrogens is 593 g/mol. The summed E-state index contributed by atoms with van der Waals surface area (Å²) in [5, 5.41) is 9.45.